The van der Waals surface area contributed by atoms with Gasteiger partial charge in [-0.15, -0.1) is 0 Å². The van der Waals surface area contributed by atoms with Crippen molar-refractivity contribution < 1.29 is 23.0 Å². The molecule has 0 unspecified atom stereocenters. The molecular weight excluding hydrogens is 340 g/mol. The first-order chi connectivity index (χ1) is 12.4. The topological polar surface area (TPSA) is 47.6 Å². The maximum absolute atomic E-state index is 12.3. The fourth-order valence-electron chi connectivity index (χ4n) is 2.57. The number of ether oxygens (including phenoxy) is 2. The molecule has 0 saturated carbocycles. The first-order valence-corrected chi connectivity index (χ1v) is 8.33. The van der Waals surface area contributed by atoms with E-state index in [0.29, 0.717) is 19.4 Å². The molecule has 0 aromatic heterocycles. The van der Waals surface area contributed by atoms with Crippen molar-refractivity contribution in [1.29, 1.82) is 0 Å². The summed E-state index contributed by atoms with van der Waals surface area (Å²) in [4.78, 5) is 12.1. The number of carbonyl (C=O) groups is 1. The van der Waals surface area contributed by atoms with Gasteiger partial charge in [0.15, 0.2) is 11.5 Å². The second kappa shape index (κ2) is 9.17. The number of hydrogen-bond acceptors (Lipinski definition) is 3. The van der Waals surface area contributed by atoms with E-state index in [1.165, 1.54) is 18.7 Å². The van der Waals surface area contributed by atoms with Crippen molar-refractivity contribution in [1.82, 2.24) is 5.32 Å². The molecular formula is C20H23F2NO3. The van der Waals surface area contributed by atoms with Crippen LogP contribution in [0.4, 0.5) is 8.78 Å². The van der Waals surface area contributed by atoms with Crippen LogP contribution >= 0.6 is 0 Å². The van der Waals surface area contributed by atoms with Gasteiger partial charge in [-0.3, -0.25) is 4.79 Å². The van der Waals surface area contributed by atoms with E-state index in [4.69, 9.17) is 4.74 Å². The fraction of sp³-hybridized carbons (Fsp3) is 0.350. The standard InChI is InChI=1S/C20H23F2NO3/c1-13-4-5-16(10-14(13)2)12-19(24)23-9-8-15-6-7-17(26-20(21)22)18(11-15)25-3/h4-7,10-11,20H,8-9,12H2,1-3H3,(H,23,24). The van der Waals surface area contributed by atoms with Gasteiger partial charge in [-0.2, -0.15) is 8.78 Å². The van der Waals surface area contributed by atoms with Gasteiger partial charge in [-0.1, -0.05) is 24.3 Å². The van der Waals surface area contributed by atoms with Crippen molar-refractivity contribution in [2.45, 2.75) is 33.3 Å². The molecule has 26 heavy (non-hydrogen) atoms. The summed E-state index contributed by atoms with van der Waals surface area (Å²) in [6.07, 6.45) is 0.885. The molecule has 0 atom stereocenters. The van der Waals surface area contributed by atoms with Crippen molar-refractivity contribution in [2.24, 2.45) is 0 Å². The first-order valence-electron chi connectivity index (χ1n) is 8.33. The molecule has 0 aliphatic carbocycles. The van der Waals surface area contributed by atoms with Crippen molar-refractivity contribution in [3.05, 3.63) is 58.7 Å². The maximum atomic E-state index is 12.3. The average molecular weight is 363 g/mol. The normalized spacial score (nSPS) is 10.7. The van der Waals surface area contributed by atoms with Crippen LogP contribution in [0.1, 0.15) is 22.3 Å². The Bertz CT molecular complexity index is 763. The molecule has 6 heteroatoms. The van der Waals surface area contributed by atoms with Gasteiger partial charge in [0.2, 0.25) is 5.91 Å². The van der Waals surface area contributed by atoms with Crippen molar-refractivity contribution >= 4 is 5.91 Å². The molecule has 0 bridgehead atoms. The summed E-state index contributed by atoms with van der Waals surface area (Å²) in [5.41, 5.74) is 4.19. The highest BCUT2D eigenvalue weighted by Gasteiger charge is 2.11. The zero-order valence-corrected chi connectivity index (χ0v) is 15.1. The molecule has 0 radical (unpaired) electrons. The second-order valence-corrected chi connectivity index (χ2v) is 6.06. The number of amides is 1. The monoisotopic (exact) mass is 363 g/mol. The van der Waals surface area contributed by atoms with Gasteiger partial charge in [0, 0.05) is 6.54 Å². The number of benzene rings is 2. The predicted molar refractivity (Wildman–Crippen MR) is 96.0 cm³/mol. The van der Waals surface area contributed by atoms with Crippen LogP contribution in [-0.4, -0.2) is 26.2 Å². The number of nitrogens with one attached hydrogen (secondary N) is 1. The highest BCUT2D eigenvalue weighted by atomic mass is 19.3. The van der Waals surface area contributed by atoms with Crippen molar-refractivity contribution in [3.8, 4) is 11.5 Å². The predicted octanol–water partition coefficient (Wildman–Crippen LogP) is 3.81. The SMILES string of the molecule is COc1cc(CCNC(=O)Cc2ccc(C)c(C)c2)ccc1OC(F)F. The third-order valence-electron chi connectivity index (χ3n) is 4.12. The van der Waals surface area contributed by atoms with Gasteiger partial charge in [0.25, 0.3) is 0 Å². The Balaban J connectivity index is 1.86. The number of halogens is 2. The van der Waals surface area contributed by atoms with E-state index in [1.54, 1.807) is 12.1 Å². The summed E-state index contributed by atoms with van der Waals surface area (Å²) in [5, 5.41) is 2.87. The van der Waals surface area contributed by atoms with Crippen LogP contribution in [0.5, 0.6) is 11.5 Å². The van der Waals surface area contributed by atoms with Crippen molar-refractivity contribution in [3.63, 3.8) is 0 Å². The molecule has 0 heterocycles. The zero-order valence-electron chi connectivity index (χ0n) is 15.1. The average Bonchev–Trinajstić information content (AvgIpc) is 2.59. The fourth-order valence-corrected chi connectivity index (χ4v) is 2.57. The van der Waals surface area contributed by atoms with Crippen LogP contribution in [0.2, 0.25) is 0 Å². The third kappa shape index (κ3) is 5.72. The highest BCUT2D eigenvalue weighted by Crippen LogP contribution is 2.29. The summed E-state index contributed by atoms with van der Waals surface area (Å²) in [6, 6.07) is 10.7. The minimum atomic E-state index is -2.90. The van der Waals surface area contributed by atoms with Crippen LogP contribution in [0, 0.1) is 13.8 Å². The van der Waals surface area contributed by atoms with Gasteiger partial charge >= 0.3 is 6.61 Å². The number of carbonyl (C=O) groups excluding carboxylic acids is 1. The van der Waals surface area contributed by atoms with E-state index in [0.717, 1.165) is 16.7 Å². The lowest BCUT2D eigenvalue weighted by atomic mass is 10.0. The Morgan fingerprint density at radius 1 is 1.04 bits per heavy atom. The second-order valence-electron chi connectivity index (χ2n) is 6.06. The summed E-state index contributed by atoms with van der Waals surface area (Å²) in [6.45, 7) is 1.60. The van der Waals surface area contributed by atoms with Gasteiger partial charge in [0.1, 0.15) is 0 Å². The number of methoxy groups -OCH3 is 1. The van der Waals surface area contributed by atoms with E-state index in [9.17, 15) is 13.6 Å². The minimum absolute atomic E-state index is 0.00923. The van der Waals surface area contributed by atoms with Gasteiger partial charge in [0.05, 0.1) is 13.5 Å². The maximum Gasteiger partial charge on any atom is 0.387 e. The summed E-state index contributed by atoms with van der Waals surface area (Å²) in [5.74, 6) is 0.173. The zero-order chi connectivity index (χ0) is 19.1. The Morgan fingerprint density at radius 2 is 1.77 bits per heavy atom. The van der Waals surface area contributed by atoms with E-state index in [-0.39, 0.29) is 17.4 Å². The number of rotatable bonds is 8. The smallest absolute Gasteiger partial charge is 0.387 e. The summed E-state index contributed by atoms with van der Waals surface area (Å²) < 4.78 is 34.1. The first kappa shape index (κ1) is 19.7. The molecule has 0 fully saturated rings. The van der Waals surface area contributed by atoms with E-state index < -0.39 is 6.61 Å². The molecule has 2 aromatic carbocycles. The van der Waals surface area contributed by atoms with E-state index in [1.807, 2.05) is 32.0 Å². The molecule has 2 rings (SSSR count). The van der Waals surface area contributed by atoms with E-state index in [2.05, 4.69) is 10.1 Å². The molecule has 0 saturated heterocycles. The van der Waals surface area contributed by atoms with Crippen LogP contribution < -0.4 is 14.8 Å². The lowest BCUT2D eigenvalue weighted by molar-refractivity contribution is -0.120. The molecule has 0 spiro atoms. The number of aryl methyl sites for hydroxylation is 2. The number of alkyl halides is 2. The molecule has 1 amide bonds. The molecule has 0 aliphatic rings. The van der Waals surface area contributed by atoms with Crippen molar-refractivity contribution in [2.75, 3.05) is 13.7 Å². The van der Waals surface area contributed by atoms with Crippen LogP contribution in [0.15, 0.2) is 36.4 Å². The molecule has 2 aromatic rings. The Kier molecular flexibility index (Phi) is 6.95. The largest absolute Gasteiger partial charge is 0.493 e. The van der Waals surface area contributed by atoms with Crippen LogP contribution in [0.25, 0.3) is 0 Å². The number of hydrogen-bond donors (Lipinski definition) is 1. The lowest BCUT2D eigenvalue weighted by Crippen LogP contribution is -2.27. The molecule has 1 N–H and O–H groups in total. The summed E-state index contributed by atoms with van der Waals surface area (Å²) >= 11 is 0. The van der Waals surface area contributed by atoms with Gasteiger partial charge in [-0.05, 0) is 54.7 Å². The highest BCUT2D eigenvalue weighted by molar-refractivity contribution is 5.78. The Morgan fingerprint density at radius 3 is 2.42 bits per heavy atom. The Hall–Kier alpha value is -2.63. The Labute approximate surface area is 152 Å². The van der Waals surface area contributed by atoms with Crippen LogP contribution in [0.3, 0.4) is 0 Å². The van der Waals surface area contributed by atoms with Gasteiger partial charge in [-0.25, -0.2) is 0 Å². The van der Waals surface area contributed by atoms with E-state index >= 15 is 0 Å². The molecule has 0 aliphatic heterocycles. The van der Waals surface area contributed by atoms with Gasteiger partial charge < -0.3 is 14.8 Å². The molecule has 140 valence electrons. The quantitative estimate of drug-likeness (QED) is 0.776. The third-order valence-corrected chi connectivity index (χ3v) is 4.12. The summed E-state index contributed by atoms with van der Waals surface area (Å²) in [7, 11) is 1.39. The lowest BCUT2D eigenvalue weighted by Gasteiger charge is -2.12. The molecule has 4 nitrogen and oxygen atoms in total. The minimum Gasteiger partial charge on any atom is -0.493 e. The van der Waals surface area contributed by atoms with Crippen LogP contribution in [-0.2, 0) is 17.6 Å².